The summed E-state index contributed by atoms with van der Waals surface area (Å²) in [4.78, 5) is 0. The third kappa shape index (κ3) is 4.98. The molecule has 0 radical (unpaired) electrons. The summed E-state index contributed by atoms with van der Waals surface area (Å²) >= 11 is 0. The first-order valence-electron chi connectivity index (χ1n) is 6.89. The smallest absolute Gasteiger partial charge is 0.127 e. The minimum Gasteiger partial charge on any atom is -0.457 e. The number of hydrogen-bond donors (Lipinski definition) is 4. The van der Waals surface area contributed by atoms with Crippen molar-refractivity contribution in [2.75, 3.05) is 36.9 Å². The molecule has 0 aliphatic rings. The molecule has 0 saturated carbocycles. The molecule has 0 amide bonds. The van der Waals surface area contributed by atoms with Gasteiger partial charge in [-0.3, -0.25) is 0 Å². The number of hydrogen-bond acceptors (Lipinski definition) is 5. The van der Waals surface area contributed by atoms with Crippen molar-refractivity contribution in [1.82, 2.24) is 0 Å². The second-order valence-electron chi connectivity index (χ2n) is 4.45. The lowest BCUT2D eigenvalue weighted by molar-refractivity contribution is 0.311. The molecule has 2 rings (SSSR count). The zero-order chi connectivity index (χ0) is 14.9. The molecule has 2 aromatic carbocycles. The van der Waals surface area contributed by atoms with Gasteiger partial charge in [0.05, 0.1) is 13.2 Å². The molecule has 0 atom stereocenters. The molecule has 0 fully saturated rings. The lowest BCUT2D eigenvalue weighted by atomic mass is 10.3. The number of ether oxygens (including phenoxy) is 1. The maximum absolute atomic E-state index is 8.75. The topological polar surface area (TPSA) is 73.8 Å². The van der Waals surface area contributed by atoms with Crippen LogP contribution in [0.25, 0.3) is 0 Å². The summed E-state index contributed by atoms with van der Waals surface area (Å²) in [6, 6.07) is 15.1. The standard InChI is InChI=1S/C16H20N2O3/c19-11-9-17-13-1-5-15(6-2-13)21-16-7-3-14(4-8-16)18-10-12-20/h1-8,17-20H,9-12H2. The van der Waals surface area contributed by atoms with E-state index in [0.717, 1.165) is 22.9 Å². The summed E-state index contributed by atoms with van der Waals surface area (Å²) in [5.74, 6) is 1.50. The van der Waals surface area contributed by atoms with Crippen LogP contribution in [-0.2, 0) is 0 Å². The Morgan fingerprint density at radius 1 is 0.667 bits per heavy atom. The van der Waals surface area contributed by atoms with E-state index in [4.69, 9.17) is 14.9 Å². The number of benzene rings is 2. The molecule has 5 nitrogen and oxygen atoms in total. The Kier molecular flexibility index (Phi) is 5.87. The molecule has 0 spiro atoms. The van der Waals surface area contributed by atoms with E-state index in [1.54, 1.807) is 0 Å². The number of anilines is 2. The second-order valence-corrected chi connectivity index (χ2v) is 4.45. The van der Waals surface area contributed by atoms with Crippen LogP contribution in [0.1, 0.15) is 0 Å². The molecule has 112 valence electrons. The van der Waals surface area contributed by atoms with Crippen LogP contribution in [0.4, 0.5) is 11.4 Å². The first kappa shape index (κ1) is 15.2. The largest absolute Gasteiger partial charge is 0.457 e. The summed E-state index contributed by atoms with van der Waals surface area (Å²) in [5, 5.41) is 23.7. The SMILES string of the molecule is OCCNc1ccc(Oc2ccc(NCCO)cc2)cc1. The summed E-state index contributed by atoms with van der Waals surface area (Å²) in [5.41, 5.74) is 1.89. The predicted molar refractivity (Wildman–Crippen MR) is 84.1 cm³/mol. The molecule has 2 aromatic rings. The van der Waals surface area contributed by atoms with Gasteiger partial charge < -0.3 is 25.6 Å². The van der Waals surface area contributed by atoms with E-state index in [-0.39, 0.29) is 13.2 Å². The second kappa shape index (κ2) is 8.14. The maximum Gasteiger partial charge on any atom is 0.127 e. The van der Waals surface area contributed by atoms with Crippen LogP contribution in [-0.4, -0.2) is 36.5 Å². The van der Waals surface area contributed by atoms with Crippen LogP contribution in [0.5, 0.6) is 11.5 Å². The first-order chi connectivity index (χ1) is 10.3. The summed E-state index contributed by atoms with van der Waals surface area (Å²) in [7, 11) is 0. The lowest BCUT2D eigenvalue weighted by Gasteiger charge is -2.09. The van der Waals surface area contributed by atoms with Crippen molar-refractivity contribution in [2.24, 2.45) is 0 Å². The quantitative estimate of drug-likeness (QED) is 0.600. The molecule has 0 aliphatic heterocycles. The molecular formula is C16H20N2O3. The third-order valence-electron chi connectivity index (χ3n) is 2.83. The number of aliphatic hydroxyl groups is 2. The van der Waals surface area contributed by atoms with Crippen LogP contribution in [0.2, 0.25) is 0 Å². The van der Waals surface area contributed by atoms with E-state index < -0.39 is 0 Å². The van der Waals surface area contributed by atoms with E-state index in [1.807, 2.05) is 48.5 Å². The highest BCUT2D eigenvalue weighted by molar-refractivity contribution is 5.49. The molecule has 0 aromatic heterocycles. The Bertz CT molecular complexity index is 477. The summed E-state index contributed by atoms with van der Waals surface area (Å²) < 4.78 is 5.74. The maximum atomic E-state index is 8.75. The van der Waals surface area contributed by atoms with Crippen molar-refractivity contribution in [3.8, 4) is 11.5 Å². The monoisotopic (exact) mass is 288 g/mol. The highest BCUT2D eigenvalue weighted by Crippen LogP contribution is 2.24. The first-order valence-corrected chi connectivity index (χ1v) is 6.89. The fraction of sp³-hybridized carbons (Fsp3) is 0.250. The number of nitrogens with one attached hydrogen (secondary N) is 2. The fourth-order valence-electron chi connectivity index (χ4n) is 1.82. The van der Waals surface area contributed by atoms with Gasteiger partial charge in [-0.1, -0.05) is 0 Å². The van der Waals surface area contributed by atoms with Crippen LogP contribution < -0.4 is 15.4 Å². The zero-order valence-electron chi connectivity index (χ0n) is 11.7. The van der Waals surface area contributed by atoms with Gasteiger partial charge in [0.25, 0.3) is 0 Å². The van der Waals surface area contributed by atoms with E-state index in [9.17, 15) is 0 Å². The van der Waals surface area contributed by atoms with Gasteiger partial charge in [-0.05, 0) is 48.5 Å². The van der Waals surface area contributed by atoms with Crippen LogP contribution in [0, 0.1) is 0 Å². The highest BCUT2D eigenvalue weighted by Gasteiger charge is 1.99. The average Bonchev–Trinajstić information content (AvgIpc) is 2.53. The molecule has 5 heteroatoms. The normalized spacial score (nSPS) is 10.2. The van der Waals surface area contributed by atoms with Gasteiger partial charge in [-0.2, -0.15) is 0 Å². The van der Waals surface area contributed by atoms with Crippen molar-refractivity contribution in [2.45, 2.75) is 0 Å². The Balaban J connectivity index is 1.91. The Morgan fingerprint density at radius 2 is 1.05 bits per heavy atom. The average molecular weight is 288 g/mol. The summed E-state index contributed by atoms with van der Waals surface area (Å²) in [6.45, 7) is 1.27. The lowest BCUT2D eigenvalue weighted by Crippen LogP contribution is -2.05. The zero-order valence-corrected chi connectivity index (χ0v) is 11.7. The van der Waals surface area contributed by atoms with E-state index in [2.05, 4.69) is 10.6 Å². The minimum atomic E-state index is 0.106. The number of aliphatic hydroxyl groups excluding tert-OH is 2. The van der Waals surface area contributed by atoms with Crippen molar-refractivity contribution in [3.63, 3.8) is 0 Å². The van der Waals surface area contributed by atoms with Gasteiger partial charge in [0, 0.05) is 24.5 Å². The van der Waals surface area contributed by atoms with Crippen molar-refractivity contribution >= 4 is 11.4 Å². The van der Waals surface area contributed by atoms with E-state index in [1.165, 1.54) is 0 Å². The predicted octanol–water partition coefficient (Wildman–Crippen LogP) is 2.29. The van der Waals surface area contributed by atoms with Crippen molar-refractivity contribution in [3.05, 3.63) is 48.5 Å². The molecule has 0 heterocycles. The van der Waals surface area contributed by atoms with Gasteiger partial charge in [-0.25, -0.2) is 0 Å². The van der Waals surface area contributed by atoms with Crippen molar-refractivity contribution in [1.29, 1.82) is 0 Å². The minimum absolute atomic E-state index is 0.106. The molecule has 21 heavy (non-hydrogen) atoms. The van der Waals surface area contributed by atoms with Gasteiger partial charge in [0.2, 0.25) is 0 Å². The van der Waals surface area contributed by atoms with Gasteiger partial charge >= 0.3 is 0 Å². The Labute approximate surface area is 124 Å². The van der Waals surface area contributed by atoms with Crippen LogP contribution >= 0.6 is 0 Å². The van der Waals surface area contributed by atoms with Crippen molar-refractivity contribution < 1.29 is 14.9 Å². The highest BCUT2D eigenvalue weighted by atomic mass is 16.5. The molecule has 0 aliphatic carbocycles. The summed E-state index contributed by atoms with van der Waals surface area (Å²) in [6.07, 6.45) is 0. The van der Waals surface area contributed by atoms with E-state index >= 15 is 0 Å². The van der Waals surface area contributed by atoms with Gasteiger partial charge in [-0.15, -0.1) is 0 Å². The molecular weight excluding hydrogens is 268 g/mol. The third-order valence-corrected chi connectivity index (χ3v) is 2.83. The van der Waals surface area contributed by atoms with Gasteiger partial charge in [0.15, 0.2) is 0 Å². The number of rotatable bonds is 8. The molecule has 4 N–H and O–H groups in total. The Morgan fingerprint density at radius 3 is 1.38 bits per heavy atom. The van der Waals surface area contributed by atoms with Crippen LogP contribution in [0.3, 0.4) is 0 Å². The van der Waals surface area contributed by atoms with E-state index in [0.29, 0.717) is 13.1 Å². The molecule has 0 bridgehead atoms. The Hall–Kier alpha value is -2.24. The fourth-order valence-corrected chi connectivity index (χ4v) is 1.82. The molecule has 0 unspecified atom stereocenters. The van der Waals surface area contributed by atoms with Crippen LogP contribution in [0.15, 0.2) is 48.5 Å². The van der Waals surface area contributed by atoms with Gasteiger partial charge in [0.1, 0.15) is 11.5 Å². The molecule has 0 saturated heterocycles.